The number of fused-ring (bicyclic) bond motifs is 1. The van der Waals surface area contributed by atoms with Gasteiger partial charge in [0.15, 0.2) is 14.0 Å². The third kappa shape index (κ3) is 3.07. The zero-order valence-corrected chi connectivity index (χ0v) is 18.8. The summed E-state index contributed by atoms with van der Waals surface area (Å²) in [4.78, 5) is 8.54. The average Bonchev–Trinajstić information content (AvgIpc) is 3.11. The zero-order chi connectivity index (χ0) is 20.3. The summed E-state index contributed by atoms with van der Waals surface area (Å²) in [7, 11) is -2.21. The van der Waals surface area contributed by atoms with Crippen molar-refractivity contribution in [3.05, 3.63) is 36.4 Å². The van der Waals surface area contributed by atoms with Crippen molar-refractivity contribution in [2.75, 3.05) is 0 Å². The molecule has 0 saturated heterocycles. The lowest BCUT2D eigenvalue weighted by Crippen LogP contribution is -2.56. The maximum Gasteiger partial charge on any atom is 0.195 e. The van der Waals surface area contributed by atoms with E-state index >= 15 is 0 Å². The highest BCUT2D eigenvalue weighted by Gasteiger charge is 2.58. The Morgan fingerprint density at radius 3 is 2.59 bits per heavy atom. The van der Waals surface area contributed by atoms with Crippen molar-refractivity contribution in [2.24, 2.45) is 5.41 Å². The van der Waals surface area contributed by atoms with Crippen LogP contribution in [-0.2, 0) is 10.2 Å². The van der Waals surface area contributed by atoms with Gasteiger partial charge in [0.1, 0.15) is 23.2 Å². The van der Waals surface area contributed by atoms with Gasteiger partial charge in [-0.3, -0.25) is 0 Å². The Kier molecular flexibility index (Phi) is 4.87. The molecule has 3 atom stereocenters. The summed E-state index contributed by atoms with van der Waals surface area (Å²) >= 11 is 6.27. The lowest BCUT2D eigenvalue weighted by Gasteiger charge is -2.47. The summed E-state index contributed by atoms with van der Waals surface area (Å²) in [5.41, 5.74) is -0.665. The van der Waals surface area contributed by atoms with Gasteiger partial charge in [-0.05, 0) is 37.0 Å². The molecule has 0 bridgehead atoms. The Morgan fingerprint density at radius 2 is 2.04 bits per heavy atom. The summed E-state index contributed by atoms with van der Waals surface area (Å²) in [6.07, 6.45) is 5.92. The van der Waals surface area contributed by atoms with Gasteiger partial charge in [-0.1, -0.05) is 45.4 Å². The van der Waals surface area contributed by atoms with Crippen molar-refractivity contribution >= 4 is 31.0 Å². The Bertz CT molecular complexity index is 876. The van der Waals surface area contributed by atoms with Crippen LogP contribution in [-0.4, -0.2) is 34.1 Å². The van der Waals surface area contributed by atoms with Crippen molar-refractivity contribution in [3.8, 4) is 0 Å². The number of hydrogen-bond acceptors (Lipinski definition) is 4. The third-order valence-corrected chi connectivity index (χ3v) is 11.4. The van der Waals surface area contributed by atoms with Gasteiger partial charge in [0, 0.05) is 11.6 Å². The highest BCUT2D eigenvalue weighted by Crippen LogP contribution is 2.53. The van der Waals surface area contributed by atoms with Gasteiger partial charge in [-0.15, -0.1) is 6.58 Å². The van der Waals surface area contributed by atoms with E-state index < -0.39 is 25.6 Å². The first kappa shape index (κ1) is 20.5. The minimum absolute atomic E-state index is 0.00246. The van der Waals surface area contributed by atoms with Crippen molar-refractivity contribution < 1.29 is 9.53 Å². The molecule has 1 saturated carbocycles. The number of aromatic nitrogens is 3. The topological polar surface area (TPSA) is 60.2 Å². The van der Waals surface area contributed by atoms with Gasteiger partial charge in [0.05, 0.1) is 5.39 Å². The van der Waals surface area contributed by atoms with Crippen LogP contribution >= 0.6 is 11.6 Å². The molecule has 3 rings (SSSR count). The predicted octanol–water partition coefficient (Wildman–Crippen LogP) is 5.11. The fraction of sp³-hybridized carbons (Fsp3) is 0.600. The first-order valence-electron chi connectivity index (χ1n) is 9.38. The second-order valence-electron chi connectivity index (χ2n) is 9.41. The maximum atomic E-state index is 11.5. The van der Waals surface area contributed by atoms with E-state index in [4.69, 9.17) is 16.0 Å². The molecule has 5 nitrogen and oxygen atoms in total. The second kappa shape index (κ2) is 6.41. The van der Waals surface area contributed by atoms with Crippen LogP contribution in [0.3, 0.4) is 0 Å². The van der Waals surface area contributed by atoms with Crippen molar-refractivity contribution in [3.63, 3.8) is 0 Å². The van der Waals surface area contributed by atoms with Crippen LogP contribution in [0.2, 0.25) is 23.3 Å². The number of aliphatic hydroxyl groups excluding tert-OH is 1. The number of rotatable bonds is 4. The highest BCUT2D eigenvalue weighted by atomic mass is 35.5. The van der Waals surface area contributed by atoms with E-state index in [-0.39, 0.29) is 5.04 Å². The first-order chi connectivity index (χ1) is 12.4. The Labute approximate surface area is 167 Å². The van der Waals surface area contributed by atoms with Crippen LogP contribution in [0, 0.1) is 5.41 Å². The average molecular weight is 408 g/mol. The molecule has 1 fully saturated rings. The molecule has 1 N–H and O–H groups in total. The molecule has 2 heterocycles. The zero-order valence-electron chi connectivity index (χ0n) is 17.1. The standard InChI is InChI=1S/C20H30ClN3O2Si/c1-8-19(5)10-11-20(17(19)25,26-27(6,7)18(2,3)4)24-12-9-14-15(21)22-13-23-16(14)24/h8-9,12-13,17,25H,1,10-11H2,2-7H3/t17-,19+,20+/m1/s1. The van der Waals surface area contributed by atoms with E-state index in [2.05, 4.69) is 50.4 Å². The van der Waals surface area contributed by atoms with Crippen LogP contribution in [0.4, 0.5) is 0 Å². The third-order valence-electron chi connectivity index (χ3n) is 6.62. The molecule has 27 heavy (non-hydrogen) atoms. The Balaban J connectivity index is 2.23. The quantitative estimate of drug-likeness (QED) is 0.434. The minimum Gasteiger partial charge on any atom is -0.392 e. The van der Waals surface area contributed by atoms with E-state index in [0.717, 1.165) is 11.8 Å². The fourth-order valence-corrected chi connectivity index (χ4v) is 5.37. The summed E-state index contributed by atoms with van der Waals surface area (Å²) in [5.74, 6) is 0. The van der Waals surface area contributed by atoms with Crippen molar-refractivity contribution in [2.45, 2.75) is 70.5 Å². The van der Waals surface area contributed by atoms with E-state index in [1.54, 1.807) is 0 Å². The molecule has 0 unspecified atom stereocenters. The lowest BCUT2D eigenvalue weighted by molar-refractivity contribution is -0.120. The molecule has 148 valence electrons. The molecule has 0 amide bonds. The summed E-state index contributed by atoms with van der Waals surface area (Å²) in [6, 6.07) is 1.89. The molecule has 7 heteroatoms. The molecule has 0 aromatic carbocycles. The van der Waals surface area contributed by atoms with E-state index in [1.165, 1.54) is 6.33 Å². The SMILES string of the molecule is C=C[C@@]1(C)CC[C@@](O[Si](C)(C)C(C)(C)C)(n2ccc3c(Cl)ncnc32)[C@@H]1O. The van der Waals surface area contributed by atoms with Crippen LogP contribution in [0.25, 0.3) is 11.0 Å². The van der Waals surface area contributed by atoms with E-state index in [0.29, 0.717) is 17.2 Å². The predicted molar refractivity (Wildman–Crippen MR) is 112 cm³/mol. The van der Waals surface area contributed by atoms with E-state index in [1.807, 2.05) is 29.8 Å². The Morgan fingerprint density at radius 1 is 1.37 bits per heavy atom. The summed E-state index contributed by atoms with van der Waals surface area (Å²) in [6.45, 7) is 17.0. The van der Waals surface area contributed by atoms with Gasteiger partial charge < -0.3 is 14.1 Å². The van der Waals surface area contributed by atoms with Crippen LogP contribution in [0.5, 0.6) is 0 Å². The second-order valence-corrected chi connectivity index (χ2v) is 14.5. The largest absolute Gasteiger partial charge is 0.392 e. The molecular formula is C20H30ClN3O2Si. The fourth-order valence-electron chi connectivity index (χ4n) is 3.68. The molecule has 0 radical (unpaired) electrons. The number of halogens is 1. The lowest BCUT2D eigenvalue weighted by atomic mass is 9.85. The van der Waals surface area contributed by atoms with Crippen LogP contribution < -0.4 is 0 Å². The molecule has 2 aromatic heterocycles. The van der Waals surface area contributed by atoms with Gasteiger partial charge in [0.25, 0.3) is 0 Å². The Hall–Kier alpha value is -1.21. The summed E-state index contributed by atoms with van der Waals surface area (Å²) in [5, 5.41) is 12.7. The van der Waals surface area contributed by atoms with Gasteiger partial charge in [-0.2, -0.15) is 0 Å². The molecule has 1 aliphatic rings. The van der Waals surface area contributed by atoms with Crippen molar-refractivity contribution in [1.29, 1.82) is 0 Å². The normalized spacial score (nSPS) is 29.4. The van der Waals surface area contributed by atoms with Gasteiger partial charge in [-0.25, -0.2) is 9.97 Å². The molecule has 2 aromatic rings. The summed E-state index contributed by atoms with van der Waals surface area (Å²) < 4.78 is 8.92. The highest BCUT2D eigenvalue weighted by molar-refractivity contribution is 6.74. The molecule has 0 spiro atoms. The van der Waals surface area contributed by atoms with E-state index in [9.17, 15) is 5.11 Å². The number of nitrogens with zero attached hydrogens (tertiary/aromatic N) is 3. The van der Waals surface area contributed by atoms with Crippen LogP contribution in [0.1, 0.15) is 40.5 Å². The number of aliphatic hydroxyl groups is 1. The monoisotopic (exact) mass is 407 g/mol. The molecule has 0 aliphatic heterocycles. The van der Waals surface area contributed by atoms with Gasteiger partial charge in [0.2, 0.25) is 0 Å². The molecule has 1 aliphatic carbocycles. The number of hydrogen-bond donors (Lipinski definition) is 1. The maximum absolute atomic E-state index is 11.5. The first-order valence-corrected chi connectivity index (χ1v) is 12.7. The van der Waals surface area contributed by atoms with Crippen LogP contribution in [0.15, 0.2) is 31.2 Å². The van der Waals surface area contributed by atoms with Gasteiger partial charge >= 0.3 is 0 Å². The smallest absolute Gasteiger partial charge is 0.195 e. The minimum atomic E-state index is -2.21. The van der Waals surface area contributed by atoms with Crippen molar-refractivity contribution in [1.82, 2.24) is 14.5 Å². The molecular weight excluding hydrogens is 378 g/mol.